The van der Waals surface area contributed by atoms with E-state index in [0.29, 0.717) is 23.3 Å². The van der Waals surface area contributed by atoms with Crippen LogP contribution in [0, 0.1) is 11.8 Å². The second kappa shape index (κ2) is 7.79. The first-order chi connectivity index (χ1) is 9.31. The first kappa shape index (κ1) is 17.2. The predicted octanol–water partition coefficient (Wildman–Crippen LogP) is 3.07. The Hall–Kier alpha value is -0.870. The summed E-state index contributed by atoms with van der Waals surface area (Å²) in [5, 5.41) is 0. The Labute approximate surface area is 123 Å². The van der Waals surface area contributed by atoms with Gasteiger partial charge >= 0.3 is 0 Å². The van der Waals surface area contributed by atoms with Crippen LogP contribution >= 0.6 is 0 Å². The molecule has 0 atom stereocenters. The van der Waals surface area contributed by atoms with E-state index in [1.807, 2.05) is 6.07 Å². The number of sulfone groups is 1. The van der Waals surface area contributed by atoms with Crippen LogP contribution in [0.4, 0.5) is 0 Å². The minimum Gasteiger partial charge on any atom is -0.302 e. The van der Waals surface area contributed by atoms with Crippen molar-refractivity contribution >= 4 is 9.84 Å². The van der Waals surface area contributed by atoms with Gasteiger partial charge in [0.1, 0.15) is 0 Å². The average Bonchev–Trinajstić information content (AvgIpc) is 2.36. The predicted molar refractivity (Wildman–Crippen MR) is 84.6 cm³/mol. The largest absolute Gasteiger partial charge is 0.302 e. The maximum absolute atomic E-state index is 12.3. The summed E-state index contributed by atoms with van der Waals surface area (Å²) in [6.07, 6.45) is 0. The Morgan fingerprint density at radius 2 is 1.45 bits per heavy atom. The third-order valence-electron chi connectivity index (χ3n) is 3.03. The summed E-state index contributed by atoms with van der Waals surface area (Å²) < 4.78 is 24.6. The third kappa shape index (κ3) is 6.06. The van der Waals surface area contributed by atoms with Crippen molar-refractivity contribution in [3.05, 3.63) is 30.3 Å². The van der Waals surface area contributed by atoms with Gasteiger partial charge in [-0.3, -0.25) is 0 Å². The van der Waals surface area contributed by atoms with Gasteiger partial charge in [-0.25, -0.2) is 8.42 Å². The van der Waals surface area contributed by atoms with Crippen molar-refractivity contribution in [2.75, 3.05) is 25.4 Å². The van der Waals surface area contributed by atoms with Gasteiger partial charge < -0.3 is 4.90 Å². The highest BCUT2D eigenvalue weighted by molar-refractivity contribution is 7.91. The molecule has 114 valence electrons. The van der Waals surface area contributed by atoms with Crippen LogP contribution in [0.15, 0.2) is 35.2 Å². The molecule has 20 heavy (non-hydrogen) atoms. The second-order valence-corrected chi connectivity index (χ2v) is 8.29. The molecule has 0 fully saturated rings. The molecule has 0 heterocycles. The Balaban J connectivity index is 2.66. The van der Waals surface area contributed by atoms with Crippen molar-refractivity contribution in [2.24, 2.45) is 11.8 Å². The summed E-state index contributed by atoms with van der Waals surface area (Å²) in [6.45, 7) is 11.2. The second-order valence-electron chi connectivity index (χ2n) is 6.18. The SMILES string of the molecule is CC(C)CN(CCS(=O)(=O)c1ccccc1)CC(C)C. The molecular formula is C16H27NO2S. The fourth-order valence-corrected chi connectivity index (χ4v) is 3.59. The molecule has 0 aromatic heterocycles. The normalized spacial score (nSPS) is 12.6. The van der Waals surface area contributed by atoms with Gasteiger partial charge in [0.05, 0.1) is 10.6 Å². The number of hydrogen-bond acceptors (Lipinski definition) is 3. The first-order valence-corrected chi connectivity index (χ1v) is 8.96. The van der Waals surface area contributed by atoms with Crippen LogP contribution in [0.5, 0.6) is 0 Å². The van der Waals surface area contributed by atoms with Crippen molar-refractivity contribution in [1.82, 2.24) is 4.90 Å². The number of hydrogen-bond donors (Lipinski definition) is 0. The van der Waals surface area contributed by atoms with E-state index in [1.54, 1.807) is 24.3 Å². The van der Waals surface area contributed by atoms with E-state index in [-0.39, 0.29) is 5.75 Å². The molecule has 0 N–H and O–H groups in total. The molecule has 0 aliphatic heterocycles. The molecule has 0 saturated heterocycles. The topological polar surface area (TPSA) is 37.4 Å². The highest BCUT2D eigenvalue weighted by Gasteiger charge is 2.17. The molecule has 1 aromatic rings. The molecule has 0 aliphatic rings. The van der Waals surface area contributed by atoms with Gasteiger partial charge in [0.15, 0.2) is 9.84 Å². The molecular weight excluding hydrogens is 270 g/mol. The molecule has 0 unspecified atom stereocenters. The molecule has 1 aromatic carbocycles. The van der Waals surface area contributed by atoms with E-state index >= 15 is 0 Å². The zero-order chi connectivity index (χ0) is 15.2. The van der Waals surface area contributed by atoms with Gasteiger partial charge in [-0.1, -0.05) is 45.9 Å². The molecule has 4 heteroatoms. The first-order valence-electron chi connectivity index (χ1n) is 7.31. The summed E-state index contributed by atoms with van der Waals surface area (Å²) in [7, 11) is -3.17. The molecule has 3 nitrogen and oxygen atoms in total. The molecule has 0 aliphatic carbocycles. The number of benzene rings is 1. The smallest absolute Gasteiger partial charge is 0.179 e. The lowest BCUT2D eigenvalue weighted by atomic mass is 10.1. The highest BCUT2D eigenvalue weighted by Crippen LogP contribution is 2.11. The Kier molecular flexibility index (Phi) is 6.69. The Morgan fingerprint density at radius 3 is 1.90 bits per heavy atom. The number of rotatable bonds is 8. The van der Waals surface area contributed by atoms with Gasteiger partial charge in [-0.05, 0) is 24.0 Å². The van der Waals surface area contributed by atoms with E-state index < -0.39 is 9.84 Å². The maximum Gasteiger partial charge on any atom is 0.179 e. The lowest BCUT2D eigenvalue weighted by Crippen LogP contribution is -2.35. The molecule has 0 saturated carbocycles. The van der Waals surface area contributed by atoms with Crippen LogP contribution in [0.2, 0.25) is 0 Å². The summed E-state index contributed by atoms with van der Waals surface area (Å²) in [5.41, 5.74) is 0. The van der Waals surface area contributed by atoms with E-state index in [1.165, 1.54) is 0 Å². The third-order valence-corrected chi connectivity index (χ3v) is 4.74. The molecule has 0 radical (unpaired) electrons. The zero-order valence-electron chi connectivity index (χ0n) is 13.0. The molecule has 0 amide bonds. The lowest BCUT2D eigenvalue weighted by molar-refractivity contribution is 0.231. The average molecular weight is 297 g/mol. The van der Waals surface area contributed by atoms with E-state index in [9.17, 15) is 8.42 Å². The standard InChI is InChI=1S/C16H27NO2S/c1-14(2)12-17(13-15(3)4)10-11-20(18,19)16-8-6-5-7-9-16/h5-9,14-15H,10-13H2,1-4H3. The van der Waals surface area contributed by atoms with Crippen molar-refractivity contribution in [2.45, 2.75) is 32.6 Å². The van der Waals surface area contributed by atoms with Crippen molar-refractivity contribution in [3.63, 3.8) is 0 Å². The minimum absolute atomic E-state index is 0.191. The minimum atomic E-state index is -3.17. The van der Waals surface area contributed by atoms with Crippen molar-refractivity contribution < 1.29 is 8.42 Å². The van der Waals surface area contributed by atoms with Gasteiger partial charge in [-0.15, -0.1) is 0 Å². The van der Waals surface area contributed by atoms with Crippen LogP contribution in [0.25, 0.3) is 0 Å². The quantitative estimate of drug-likeness (QED) is 0.740. The Bertz CT molecular complexity index is 470. The van der Waals surface area contributed by atoms with Crippen molar-refractivity contribution in [1.29, 1.82) is 0 Å². The maximum atomic E-state index is 12.3. The van der Waals surface area contributed by atoms with Crippen LogP contribution in [0.3, 0.4) is 0 Å². The van der Waals surface area contributed by atoms with Gasteiger partial charge in [0.25, 0.3) is 0 Å². The van der Waals surface area contributed by atoms with Crippen LogP contribution in [-0.4, -0.2) is 38.7 Å². The van der Waals surface area contributed by atoms with E-state index in [4.69, 9.17) is 0 Å². The summed E-state index contributed by atoms with van der Waals surface area (Å²) in [5.74, 6) is 1.29. The molecule has 1 rings (SSSR count). The summed E-state index contributed by atoms with van der Waals surface area (Å²) in [4.78, 5) is 2.68. The van der Waals surface area contributed by atoms with Crippen LogP contribution in [-0.2, 0) is 9.84 Å². The zero-order valence-corrected chi connectivity index (χ0v) is 13.9. The van der Waals surface area contributed by atoms with Gasteiger partial charge in [-0.2, -0.15) is 0 Å². The van der Waals surface area contributed by atoms with Gasteiger partial charge in [0, 0.05) is 19.6 Å². The molecule has 0 bridgehead atoms. The summed E-state index contributed by atoms with van der Waals surface area (Å²) >= 11 is 0. The fraction of sp³-hybridized carbons (Fsp3) is 0.625. The molecule has 0 spiro atoms. The highest BCUT2D eigenvalue weighted by atomic mass is 32.2. The summed E-state index contributed by atoms with van der Waals surface area (Å²) in [6, 6.07) is 8.72. The van der Waals surface area contributed by atoms with E-state index in [0.717, 1.165) is 13.1 Å². The lowest BCUT2D eigenvalue weighted by Gasteiger charge is -2.25. The van der Waals surface area contributed by atoms with Crippen LogP contribution < -0.4 is 0 Å². The Morgan fingerprint density at radius 1 is 0.950 bits per heavy atom. The van der Waals surface area contributed by atoms with Crippen molar-refractivity contribution in [3.8, 4) is 0 Å². The van der Waals surface area contributed by atoms with E-state index in [2.05, 4.69) is 32.6 Å². The van der Waals surface area contributed by atoms with Gasteiger partial charge in [0.2, 0.25) is 0 Å². The fourth-order valence-electron chi connectivity index (χ4n) is 2.28. The monoisotopic (exact) mass is 297 g/mol. The number of nitrogens with zero attached hydrogens (tertiary/aromatic N) is 1. The van der Waals surface area contributed by atoms with Crippen LogP contribution in [0.1, 0.15) is 27.7 Å².